The van der Waals surface area contributed by atoms with Crippen LogP contribution in [0.4, 0.5) is 51.7 Å². The summed E-state index contributed by atoms with van der Waals surface area (Å²) >= 11 is 0. The fourth-order valence-electron chi connectivity index (χ4n) is 7.12. The third-order valence-corrected chi connectivity index (χ3v) is 9.86. The van der Waals surface area contributed by atoms with Crippen molar-refractivity contribution >= 4 is 55.9 Å². The quantitative estimate of drug-likeness (QED) is 0.158. The van der Waals surface area contributed by atoms with E-state index in [1.807, 2.05) is 34.1 Å². The number of anilines is 6. The first kappa shape index (κ1) is 33.7. The molecule has 0 aliphatic carbocycles. The van der Waals surface area contributed by atoms with Gasteiger partial charge in [-0.2, -0.15) is 0 Å². The van der Waals surface area contributed by atoms with E-state index in [-0.39, 0.29) is 23.3 Å². The van der Waals surface area contributed by atoms with Crippen molar-refractivity contribution in [1.82, 2.24) is 4.98 Å². The molecule has 3 nitrogen and oxygen atoms in total. The summed E-state index contributed by atoms with van der Waals surface area (Å²) in [5.74, 6) is -1.32. The third-order valence-electron chi connectivity index (χ3n) is 9.86. The Balaban J connectivity index is 1.03. The third kappa shape index (κ3) is 6.68. The second-order valence-corrected chi connectivity index (χ2v) is 13.3. The van der Waals surface area contributed by atoms with Gasteiger partial charge in [-0.05, 0) is 168 Å². The monoisotopic (exact) mass is 725 g/mol. The fourth-order valence-corrected chi connectivity index (χ4v) is 7.12. The summed E-state index contributed by atoms with van der Waals surface area (Å²) in [6.45, 7) is 0. The zero-order valence-corrected chi connectivity index (χ0v) is 29.2. The van der Waals surface area contributed by atoms with E-state index >= 15 is 0 Å². The minimum atomic E-state index is -0.329. The van der Waals surface area contributed by atoms with Crippen LogP contribution in [0.1, 0.15) is 0 Å². The molecule has 0 saturated carbocycles. The molecule has 1 N–H and O–H groups in total. The molecule has 9 aromatic rings. The van der Waals surface area contributed by atoms with Gasteiger partial charge in [-0.3, -0.25) is 0 Å². The predicted molar refractivity (Wildman–Crippen MR) is 216 cm³/mol. The number of H-pyrrole nitrogens is 1. The first-order chi connectivity index (χ1) is 26.9. The Labute approximate surface area is 315 Å². The highest BCUT2D eigenvalue weighted by molar-refractivity contribution is 6.09. The molecule has 55 heavy (non-hydrogen) atoms. The highest BCUT2D eigenvalue weighted by Gasteiger charge is 2.16. The summed E-state index contributed by atoms with van der Waals surface area (Å²) < 4.78 is 55.3. The number of aromatic amines is 1. The second-order valence-electron chi connectivity index (χ2n) is 13.3. The lowest BCUT2D eigenvalue weighted by atomic mass is 9.99. The highest BCUT2D eigenvalue weighted by Crippen LogP contribution is 2.39. The highest BCUT2D eigenvalue weighted by atomic mass is 19.1. The van der Waals surface area contributed by atoms with Gasteiger partial charge in [0.15, 0.2) is 0 Å². The molecule has 8 aromatic carbocycles. The number of aromatic nitrogens is 1. The molecule has 0 amide bonds. The smallest absolute Gasteiger partial charge is 0.123 e. The number of rotatable bonds is 8. The van der Waals surface area contributed by atoms with Crippen LogP contribution in [-0.2, 0) is 0 Å². The van der Waals surface area contributed by atoms with E-state index < -0.39 is 0 Å². The molecule has 0 aliphatic heterocycles. The molecular weight excluding hydrogens is 695 g/mol. The molecular formula is C48H31F4N3. The van der Waals surface area contributed by atoms with Gasteiger partial charge in [-0.1, -0.05) is 36.4 Å². The lowest BCUT2D eigenvalue weighted by Crippen LogP contribution is -2.09. The number of hydrogen-bond acceptors (Lipinski definition) is 2. The van der Waals surface area contributed by atoms with Crippen LogP contribution in [-0.4, -0.2) is 4.98 Å². The van der Waals surface area contributed by atoms with Crippen LogP contribution in [0.5, 0.6) is 0 Å². The van der Waals surface area contributed by atoms with Gasteiger partial charge >= 0.3 is 0 Å². The topological polar surface area (TPSA) is 22.3 Å². The van der Waals surface area contributed by atoms with Gasteiger partial charge in [0, 0.05) is 55.9 Å². The number of nitrogens with zero attached hydrogens (tertiary/aromatic N) is 2. The number of hydrogen-bond donors (Lipinski definition) is 1. The number of halogens is 4. The van der Waals surface area contributed by atoms with Crippen molar-refractivity contribution in [2.45, 2.75) is 0 Å². The lowest BCUT2D eigenvalue weighted by molar-refractivity contribution is 0.627. The normalized spacial score (nSPS) is 11.3. The Kier molecular flexibility index (Phi) is 8.59. The van der Waals surface area contributed by atoms with Gasteiger partial charge in [0.1, 0.15) is 23.3 Å². The summed E-state index contributed by atoms with van der Waals surface area (Å²) in [4.78, 5) is 7.47. The van der Waals surface area contributed by atoms with E-state index in [0.29, 0.717) is 0 Å². The Morgan fingerprint density at radius 2 is 0.509 bits per heavy atom. The summed E-state index contributed by atoms with van der Waals surface area (Å²) in [6, 6.07) is 54.0. The predicted octanol–water partition coefficient (Wildman–Crippen LogP) is 14.2. The average molecular weight is 726 g/mol. The van der Waals surface area contributed by atoms with Crippen LogP contribution >= 0.6 is 0 Å². The van der Waals surface area contributed by atoms with Crippen LogP contribution in [0.25, 0.3) is 44.1 Å². The van der Waals surface area contributed by atoms with Gasteiger partial charge in [0.05, 0.1) is 0 Å². The largest absolute Gasteiger partial charge is 0.355 e. The summed E-state index contributed by atoms with van der Waals surface area (Å²) in [6.07, 6.45) is 0. The van der Waals surface area contributed by atoms with Gasteiger partial charge in [-0.25, -0.2) is 17.6 Å². The maximum atomic E-state index is 13.8. The van der Waals surface area contributed by atoms with E-state index in [1.54, 1.807) is 48.5 Å². The lowest BCUT2D eigenvalue weighted by Gasteiger charge is -2.25. The molecule has 266 valence electrons. The summed E-state index contributed by atoms with van der Waals surface area (Å²) in [5, 5.41) is 2.18. The molecule has 0 fully saturated rings. The summed E-state index contributed by atoms with van der Waals surface area (Å²) in [5.41, 5.74) is 10.9. The Morgan fingerprint density at radius 1 is 0.273 bits per heavy atom. The number of nitrogens with one attached hydrogen (secondary N) is 1. The van der Waals surface area contributed by atoms with E-state index in [1.165, 1.54) is 48.5 Å². The Bertz CT molecular complexity index is 2480. The van der Waals surface area contributed by atoms with Crippen molar-refractivity contribution in [2.24, 2.45) is 0 Å². The number of fused-ring (bicyclic) bond motifs is 3. The van der Waals surface area contributed by atoms with Crippen molar-refractivity contribution in [2.75, 3.05) is 9.80 Å². The average Bonchev–Trinajstić information content (AvgIpc) is 3.59. The standard InChI is InChI=1S/C48H31F4N3/c49-35-7-19-41(20-8-35)54(42-21-9-36(50)10-22-42)39-15-1-31(2-16-39)33-5-27-47-45(29-33)46-30-34(6-28-48(46)53-47)32-3-17-40(18-4-32)55(43-23-11-37(51)12-24-43)44-25-13-38(52)14-26-44/h1-30,53H. The van der Waals surface area contributed by atoms with Crippen molar-refractivity contribution in [1.29, 1.82) is 0 Å². The molecule has 0 aliphatic rings. The van der Waals surface area contributed by atoms with Crippen LogP contribution in [0, 0.1) is 23.3 Å². The fraction of sp³-hybridized carbons (Fsp3) is 0. The molecule has 0 spiro atoms. The van der Waals surface area contributed by atoms with Crippen LogP contribution in [0.3, 0.4) is 0 Å². The molecule has 1 aromatic heterocycles. The van der Waals surface area contributed by atoms with Crippen molar-refractivity contribution in [3.05, 3.63) is 205 Å². The molecule has 0 saturated heterocycles. The van der Waals surface area contributed by atoms with E-state index in [0.717, 1.165) is 78.2 Å². The minimum Gasteiger partial charge on any atom is -0.355 e. The van der Waals surface area contributed by atoms with Gasteiger partial charge < -0.3 is 14.8 Å². The zero-order valence-electron chi connectivity index (χ0n) is 29.2. The zero-order chi connectivity index (χ0) is 37.5. The minimum absolute atomic E-state index is 0.329. The maximum Gasteiger partial charge on any atom is 0.123 e. The van der Waals surface area contributed by atoms with Crippen LogP contribution in [0.2, 0.25) is 0 Å². The van der Waals surface area contributed by atoms with Crippen LogP contribution < -0.4 is 9.80 Å². The first-order valence-electron chi connectivity index (χ1n) is 17.8. The number of benzene rings is 8. The molecule has 0 bridgehead atoms. The van der Waals surface area contributed by atoms with Gasteiger partial charge in [-0.15, -0.1) is 0 Å². The molecule has 0 radical (unpaired) electrons. The molecule has 0 atom stereocenters. The van der Waals surface area contributed by atoms with E-state index in [4.69, 9.17) is 0 Å². The molecule has 1 heterocycles. The van der Waals surface area contributed by atoms with Crippen molar-refractivity contribution in [3.8, 4) is 22.3 Å². The molecule has 0 unspecified atom stereocenters. The summed E-state index contributed by atoms with van der Waals surface area (Å²) in [7, 11) is 0. The van der Waals surface area contributed by atoms with Gasteiger partial charge in [0.25, 0.3) is 0 Å². The SMILES string of the molecule is Fc1ccc(N(c2ccc(F)cc2)c2ccc(-c3ccc4[nH]c5ccc(-c6ccc(N(c7ccc(F)cc7)c7ccc(F)cc7)cc6)cc5c4c3)cc2)cc1. The van der Waals surface area contributed by atoms with Crippen LogP contribution in [0.15, 0.2) is 182 Å². The van der Waals surface area contributed by atoms with Crippen molar-refractivity contribution in [3.63, 3.8) is 0 Å². The van der Waals surface area contributed by atoms with Gasteiger partial charge in [0.2, 0.25) is 0 Å². The van der Waals surface area contributed by atoms with E-state index in [9.17, 15) is 17.6 Å². The van der Waals surface area contributed by atoms with Crippen molar-refractivity contribution < 1.29 is 17.6 Å². The van der Waals surface area contributed by atoms with E-state index in [2.05, 4.69) is 65.6 Å². The second kappa shape index (κ2) is 14.0. The molecule has 7 heteroatoms. The first-order valence-corrected chi connectivity index (χ1v) is 17.8. The Morgan fingerprint density at radius 3 is 0.782 bits per heavy atom. The molecule has 9 rings (SSSR count). The maximum absolute atomic E-state index is 13.8. The Hall–Kier alpha value is -7.12.